The molecule has 3 N–H and O–H groups in total. The van der Waals surface area contributed by atoms with E-state index in [1.807, 2.05) is 38.1 Å². The number of carbonyl (C=O) groups excluding carboxylic acids is 1. The van der Waals surface area contributed by atoms with Gasteiger partial charge in [-0.15, -0.1) is 0 Å². The van der Waals surface area contributed by atoms with Crippen molar-refractivity contribution in [2.45, 2.75) is 26.8 Å². The van der Waals surface area contributed by atoms with Crippen molar-refractivity contribution in [2.24, 2.45) is 0 Å². The lowest BCUT2D eigenvalue weighted by molar-refractivity contribution is 0.102. The van der Waals surface area contributed by atoms with Crippen molar-refractivity contribution in [3.05, 3.63) is 87.6 Å². The van der Waals surface area contributed by atoms with E-state index in [9.17, 15) is 9.59 Å². The van der Waals surface area contributed by atoms with Crippen LogP contribution in [0.25, 0.3) is 11.0 Å². The van der Waals surface area contributed by atoms with Gasteiger partial charge < -0.3 is 19.9 Å². The molecule has 1 atom stereocenters. The molecular weight excluding hydrogens is 352 g/mol. The molecule has 0 spiro atoms. The number of aryl methyl sites for hydroxylation is 1. The van der Waals surface area contributed by atoms with Gasteiger partial charge in [-0.25, -0.2) is 4.79 Å². The molecule has 0 fully saturated rings. The first-order valence-electron chi connectivity index (χ1n) is 9.21. The second-order valence-corrected chi connectivity index (χ2v) is 7.04. The Hall–Kier alpha value is -3.54. The van der Waals surface area contributed by atoms with Crippen LogP contribution in [0, 0.1) is 13.8 Å². The van der Waals surface area contributed by atoms with Gasteiger partial charge in [0, 0.05) is 17.1 Å². The first-order valence-corrected chi connectivity index (χ1v) is 9.21. The number of aromatic nitrogens is 3. The smallest absolute Gasteiger partial charge is 0.323 e. The van der Waals surface area contributed by atoms with E-state index in [0.29, 0.717) is 22.3 Å². The standard InChI is InChI=1S/C22H22N4O2/c1-13-11-18(15(3)26(13)14(2)16-7-5-4-6-8-16)21(27)23-17-9-10-19-20(12-17)25-22(28)24-19/h4-12,14H,1-3H3,(H,23,27)(H2,24,25,28)/t14-/m1/s1. The molecule has 0 radical (unpaired) electrons. The van der Waals surface area contributed by atoms with Crippen molar-refractivity contribution in [3.8, 4) is 0 Å². The molecule has 0 aliphatic carbocycles. The topological polar surface area (TPSA) is 82.7 Å². The van der Waals surface area contributed by atoms with E-state index in [-0.39, 0.29) is 17.6 Å². The van der Waals surface area contributed by atoms with Gasteiger partial charge in [-0.3, -0.25) is 4.79 Å². The van der Waals surface area contributed by atoms with E-state index in [2.05, 4.69) is 38.9 Å². The number of imidazole rings is 1. The Balaban J connectivity index is 1.63. The molecule has 2 aromatic carbocycles. The number of nitrogens with one attached hydrogen (secondary N) is 3. The van der Waals surface area contributed by atoms with Crippen LogP contribution in [0.1, 0.15) is 40.3 Å². The fraction of sp³-hybridized carbons (Fsp3) is 0.182. The predicted molar refractivity (Wildman–Crippen MR) is 111 cm³/mol. The molecule has 142 valence electrons. The van der Waals surface area contributed by atoms with E-state index in [1.165, 1.54) is 5.56 Å². The minimum atomic E-state index is -0.267. The van der Waals surface area contributed by atoms with Gasteiger partial charge in [-0.1, -0.05) is 30.3 Å². The highest BCUT2D eigenvalue weighted by Gasteiger charge is 2.20. The van der Waals surface area contributed by atoms with Crippen LogP contribution >= 0.6 is 0 Å². The summed E-state index contributed by atoms with van der Waals surface area (Å²) in [5.41, 5.74) is 5.52. The lowest BCUT2D eigenvalue weighted by Gasteiger charge is -2.19. The molecule has 4 aromatic rings. The summed E-state index contributed by atoms with van der Waals surface area (Å²) < 4.78 is 2.18. The Morgan fingerprint density at radius 1 is 1.00 bits per heavy atom. The van der Waals surface area contributed by atoms with Crippen molar-refractivity contribution in [1.82, 2.24) is 14.5 Å². The number of fused-ring (bicyclic) bond motifs is 1. The van der Waals surface area contributed by atoms with Crippen molar-refractivity contribution in [3.63, 3.8) is 0 Å². The van der Waals surface area contributed by atoms with Crippen molar-refractivity contribution in [2.75, 3.05) is 5.32 Å². The van der Waals surface area contributed by atoms with Gasteiger partial charge in [0.25, 0.3) is 5.91 Å². The summed E-state index contributed by atoms with van der Waals surface area (Å²) in [6.45, 7) is 6.11. The molecule has 2 aromatic heterocycles. The lowest BCUT2D eigenvalue weighted by atomic mass is 10.1. The van der Waals surface area contributed by atoms with Crippen LogP contribution in [0.2, 0.25) is 0 Å². The zero-order valence-corrected chi connectivity index (χ0v) is 16.0. The maximum absolute atomic E-state index is 12.9. The Labute approximate surface area is 162 Å². The Bertz CT molecular complexity index is 1210. The van der Waals surface area contributed by atoms with E-state index < -0.39 is 0 Å². The Morgan fingerprint density at radius 3 is 2.46 bits per heavy atom. The number of aromatic amines is 2. The zero-order valence-electron chi connectivity index (χ0n) is 16.0. The summed E-state index contributed by atoms with van der Waals surface area (Å²) >= 11 is 0. The zero-order chi connectivity index (χ0) is 19.8. The van der Waals surface area contributed by atoms with Crippen molar-refractivity contribution >= 4 is 22.6 Å². The first-order chi connectivity index (χ1) is 13.4. The second-order valence-electron chi connectivity index (χ2n) is 7.04. The van der Waals surface area contributed by atoms with Crippen molar-refractivity contribution in [1.29, 1.82) is 0 Å². The molecular formula is C22H22N4O2. The highest BCUT2D eigenvalue weighted by Crippen LogP contribution is 2.26. The number of H-pyrrole nitrogens is 2. The number of anilines is 1. The van der Waals surface area contributed by atoms with Gasteiger partial charge >= 0.3 is 5.69 Å². The average molecular weight is 374 g/mol. The number of nitrogens with zero attached hydrogens (tertiary/aromatic N) is 1. The minimum absolute atomic E-state index is 0.129. The number of benzene rings is 2. The van der Waals surface area contributed by atoms with Crippen LogP contribution in [0.4, 0.5) is 5.69 Å². The minimum Gasteiger partial charge on any atom is -0.341 e. The van der Waals surface area contributed by atoms with Crippen molar-refractivity contribution < 1.29 is 4.79 Å². The van der Waals surface area contributed by atoms with Crippen LogP contribution in [-0.4, -0.2) is 20.4 Å². The number of amides is 1. The normalized spacial score (nSPS) is 12.2. The SMILES string of the molecule is Cc1cc(C(=O)Nc2ccc3[nH]c(=O)[nH]c3c2)c(C)n1[C@H](C)c1ccccc1. The third-order valence-corrected chi connectivity index (χ3v) is 5.17. The number of hydrogen-bond acceptors (Lipinski definition) is 2. The first kappa shape index (κ1) is 17.9. The van der Waals surface area contributed by atoms with E-state index in [4.69, 9.17) is 0 Å². The molecule has 0 saturated heterocycles. The molecule has 6 nitrogen and oxygen atoms in total. The molecule has 0 unspecified atom stereocenters. The van der Waals surface area contributed by atoms with Crippen LogP contribution in [-0.2, 0) is 0 Å². The summed E-state index contributed by atoms with van der Waals surface area (Å²) in [7, 11) is 0. The molecule has 6 heteroatoms. The van der Waals surface area contributed by atoms with Gasteiger partial charge in [0.05, 0.1) is 22.6 Å². The molecule has 0 saturated carbocycles. The number of hydrogen-bond donors (Lipinski definition) is 3. The molecule has 28 heavy (non-hydrogen) atoms. The van der Waals surface area contributed by atoms with E-state index >= 15 is 0 Å². The monoisotopic (exact) mass is 374 g/mol. The molecule has 0 aliphatic heterocycles. The average Bonchev–Trinajstić information content (AvgIpc) is 3.19. The van der Waals surface area contributed by atoms with Gasteiger partial charge in [0.2, 0.25) is 0 Å². The summed E-state index contributed by atoms with van der Waals surface area (Å²) in [6, 6.07) is 17.6. The second kappa shape index (κ2) is 6.88. The molecule has 1 amide bonds. The predicted octanol–water partition coefficient (Wildman–Crippen LogP) is 4.14. The Kier molecular flexibility index (Phi) is 4.39. The maximum Gasteiger partial charge on any atom is 0.323 e. The number of rotatable bonds is 4. The third kappa shape index (κ3) is 3.13. The fourth-order valence-electron chi connectivity index (χ4n) is 3.79. The van der Waals surface area contributed by atoms with Crippen LogP contribution in [0.15, 0.2) is 59.4 Å². The van der Waals surface area contributed by atoms with Gasteiger partial charge in [0.15, 0.2) is 0 Å². The van der Waals surface area contributed by atoms with Crippen LogP contribution < -0.4 is 11.0 Å². The summed E-state index contributed by atoms with van der Waals surface area (Å²) in [6.07, 6.45) is 0. The highest BCUT2D eigenvalue weighted by molar-refractivity contribution is 6.06. The third-order valence-electron chi connectivity index (χ3n) is 5.17. The maximum atomic E-state index is 12.9. The highest BCUT2D eigenvalue weighted by atomic mass is 16.2. The van der Waals surface area contributed by atoms with Crippen LogP contribution in [0.3, 0.4) is 0 Å². The fourth-order valence-corrected chi connectivity index (χ4v) is 3.79. The quantitative estimate of drug-likeness (QED) is 0.502. The lowest BCUT2D eigenvalue weighted by Crippen LogP contribution is -2.15. The van der Waals surface area contributed by atoms with Gasteiger partial charge in [0.1, 0.15) is 0 Å². The van der Waals surface area contributed by atoms with E-state index in [0.717, 1.165) is 11.4 Å². The summed E-state index contributed by atoms with van der Waals surface area (Å²) in [5.74, 6) is -0.170. The summed E-state index contributed by atoms with van der Waals surface area (Å²) in [4.78, 5) is 29.7. The molecule has 0 aliphatic rings. The van der Waals surface area contributed by atoms with Crippen LogP contribution in [0.5, 0.6) is 0 Å². The molecule has 2 heterocycles. The Morgan fingerprint density at radius 2 is 1.71 bits per heavy atom. The largest absolute Gasteiger partial charge is 0.341 e. The van der Waals surface area contributed by atoms with Gasteiger partial charge in [-0.2, -0.15) is 0 Å². The summed E-state index contributed by atoms with van der Waals surface area (Å²) in [5, 5.41) is 2.93. The van der Waals surface area contributed by atoms with E-state index in [1.54, 1.807) is 18.2 Å². The number of carbonyl (C=O) groups is 1. The molecule has 4 rings (SSSR count). The molecule has 0 bridgehead atoms. The van der Waals surface area contributed by atoms with Gasteiger partial charge in [-0.05, 0) is 50.6 Å².